The molecule has 1 fully saturated rings. The molecule has 0 aromatic carbocycles. The van der Waals surface area contributed by atoms with Gasteiger partial charge in [-0.05, 0) is 19.3 Å². The summed E-state index contributed by atoms with van der Waals surface area (Å²) in [5, 5.41) is 6.68. The number of nitrogens with zero attached hydrogens (tertiary/aromatic N) is 1. The van der Waals surface area contributed by atoms with Gasteiger partial charge >= 0.3 is 0 Å². The van der Waals surface area contributed by atoms with Crippen LogP contribution in [0.25, 0.3) is 0 Å². The molecule has 2 rings (SSSR count). The molecule has 2 N–H and O–H groups in total. The average molecular weight is 309 g/mol. The highest BCUT2D eigenvalue weighted by Gasteiger charge is 2.20. The van der Waals surface area contributed by atoms with E-state index in [2.05, 4.69) is 15.6 Å². The van der Waals surface area contributed by atoms with Crippen LogP contribution >= 0.6 is 11.3 Å². The number of aryl methyl sites for hydroxylation is 1. The molecular formula is C15H23N3O2S. The number of hydrogen-bond acceptors (Lipinski definition) is 4. The first-order valence-corrected chi connectivity index (χ1v) is 8.53. The van der Waals surface area contributed by atoms with Gasteiger partial charge in [-0.3, -0.25) is 9.59 Å². The highest BCUT2D eigenvalue weighted by atomic mass is 32.1. The second-order valence-electron chi connectivity index (χ2n) is 5.35. The van der Waals surface area contributed by atoms with E-state index < -0.39 is 0 Å². The van der Waals surface area contributed by atoms with Crippen molar-refractivity contribution in [3.63, 3.8) is 0 Å². The van der Waals surface area contributed by atoms with Gasteiger partial charge < -0.3 is 10.6 Å². The van der Waals surface area contributed by atoms with Crippen LogP contribution in [0.3, 0.4) is 0 Å². The Hall–Kier alpha value is -1.43. The van der Waals surface area contributed by atoms with Crippen LogP contribution in [-0.4, -0.2) is 29.9 Å². The third-order valence-electron chi connectivity index (χ3n) is 3.77. The summed E-state index contributed by atoms with van der Waals surface area (Å²) in [6.45, 7) is 2.96. The molecule has 1 saturated carbocycles. The third-order valence-corrected chi connectivity index (χ3v) is 4.91. The Kier molecular flexibility index (Phi) is 6.17. The van der Waals surface area contributed by atoms with Crippen molar-refractivity contribution in [1.29, 1.82) is 0 Å². The molecule has 6 heteroatoms. The number of thiazole rings is 1. The van der Waals surface area contributed by atoms with Crippen molar-refractivity contribution in [2.24, 2.45) is 5.92 Å². The standard InChI is InChI=1S/C15H23N3O2S/c1-2-13-18-10-12(21-13)15(20)17-9-8-16-14(19)11-6-4-3-5-7-11/h10-11H,2-9H2,1H3,(H,16,19)(H,17,20). The van der Waals surface area contributed by atoms with Crippen molar-refractivity contribution in [3.05, 3.63) is 16.1 Å². The largest absolute Gasteiger partial charge is 0.354 e. The summed E-state index contributed by atoms with van der Waals surface area (Å²) < 4.78 is 0. The monoisotopic (exact) mass is 309 g/mol. The van der Waals surface area contributed by atoms with Crippen LogP contribution in [-0.2, 0) is 11.2 Å². The number of carbonyl (C=O) groups excluding carboxylic acids is 2. The highest BCUT2D eigenvalue weighted by molar-refractivity contribution is 7.13. The molecule has 116 valence electrons. The third kappa shape index (κ3) is 4.81. The molecule has 0 saturated heterocycles. The first-order valence-electron chi connectivity index (χ1n) is 7.71. The maximum absolute atomic E-state index is 11.9. The molecule has 1 aliphatic rings. The predicted molar refractivity (Wildman–Crippen MR) is 83.4 cm³/mol. The second kappa shape index (κ2) is 8.12. The predicted octanol–water partition coefficient (Wildman–Crippen LogP) is 2.13. The smallest absolute Gasteiger partial charge is 0.263 e. The molecule has 0 unspecified atom stereocenters. The number of aromatic nitrogens is 1. The number of amides is 2. The summed E-state index contributed by atoms with van der Waals surface area (Å²) in [5.41, 5.74) is 0. The lowest BCUT2D eigenvalue weighted by molar-refractivity contribution is -0.125. The first kappa shape index (κ1) is 15.9. The maximum Gasteiger partial charge on any atom is 0.263 e. The Morgan fingerprint density at radius 2 is 1.95 bits per heavy atom. The molecule has 0 spiro atoms. The van der Waals surface area contributed by atoms with Crippen molar-refractivity contribution in [1.82, 2.24) is 15.6 Å². The summed E-state index contributed by atoms with van der Waals surface area (Å²) in [6.07, 6.45) is 8.00. The van der Waals surface area contributed by atoms with Crippen molar-refractivity contribution in [3.8, 4) is 0 Å². The minimum atomic E-state index is -0.112. The summed E-state index contributed by atoms with van der Waals surface area (Å²) in [5.74, 6) is 0.192. The van der Waals surface area contributed by atoms with Crippen LogP contribution in [0.1, 0.15) is 53.7 Å². The van der Waals surface area contributed by atoms with Crippen LogP contribution in [0.2, 0.25) is 0 Å². The Balaban J connectivity index is 1.64. The topological polar surface area (TPSA) is 71.1 Å². The summed E-state index contributed by atoms with van der Waals surface area (Å²) >= 11 is 1.42. The lowest BCUT2D eigenvalue weighted by Crippen LogP contribution is -2.38. The zero-order valence-corrected chi connectivity index (χ0v) is 13.3. The summed E-state index contributed by atoms with van der Waals surface area (Å²) in [7, 11) is 0. The highest BCUT2D eigenvalue weighted by Crippen LogP contribution is 2.23. The van der Waals surface area contributed by atoms with E-state index in [1.165, 1.54) is 17.8 Å². The molecule has 0 aliphatic heterocycles. The lowest BCUT2D eigenvalue weighted by Gasteiger charge is -2.20. The van der Waals surface area contributed by atoms with Crippen LogP contribution < -0.4 is 10.6 Å². The average Bonchev–Trinajstić information content (AvgIpc) is 3.01. The normalized spacial score (nSPS) is 15.7. The molecule has 2 amide bonds. The zero-order chi connectivity index (χ0) is 15.1. The van der Waals surface area contributed by atoms with Crippen LogP contribution in [0, 0.1) is 5.92 Å². The van der Waals surface area contributed by atoms with Crippen LogP contribution in [0.15, 0.2) is 6.20 Å². The fourth-order valence-corrected chi connectivity index (χ4v) is 3.31. The zero-order valence-electron chi connectivity index (χ0n) is 12.5. The maximum atomic E-state index is 11.9. The van der Waals surface area contributed by atoms with Gasteiger partial charge in [0.25, 0.3) is 5.91 Å². The van der Waals surface area contributed by atoms with Crippen molar-refractivity contribution < 1.29 is 9.59 Å². The lowest BCUT2D eigenvalue weighted by atomic mass is 9.89. The SMILES string of the molecule is CCc1ncc(C(=O)NCCNC(=O)C2CCCCC2)s1. The van der Waals surface area contributed by atoms with Gasteiger partial charge in [0.1, 0.15) is 4.88 Å². The molecule has 1 heterocycles. The van der Waals surface area contributed by atoms with E-state index in [1.54, 1.807) is 6.20 Å². The van der Waals surface area contributed by atoms with Gasteiger partial charge in [-0.1, -0.05) is 26.2 Å². The fraction of sp³-hybridized carbons (Fsp3) is 0.667. The van der Waals surface area contributed by atoms with E-state index in [0.29, 0.717) is 18.0 Å². The van der Waals surface area contributed by atoms with E-state index in [9.17, 15) is 9.59 Å². The Morgan fingerprint density at radius 3 is 2.62 bits per heavy atom. The molecule has 1 aliphatic carbocycles. The Bertz CT molecular complexity index is 481. The Labute approximate surface area is 129 Å². The van der Waals surface area contributed by atoms with Crippen LogP contribution in [0.5, 0.6) is 0 Å². The molecular weight excluding hydrogens is 286 g/mol. The summed E-state index contributed by atoms with van der Waals surface area (Å²) in [4.78, 5) is 28.6. The van der Waals surface area contributed by atoms with Gasteiger partial charge in [0, 0.05) is 19.0 Å². The number of rotatable bonds is 6. The number of carbonyl (C=O) groups is 2. The molecule has 21 heavy (non-hydrogen) atoms. The van der Waals surface area contributed by atoms with Crippen molar-refractivity contribution in [2.75, 3.05) is 13.1 Å². The van der Waals surface area contributed by atoms with E-state index in [-0.39, 0.29) is 17.7 Å². The quantitative estimate of drug-likeness (QED) is 0.791. The van der Waals surface area contributed by atoms with Gasteiger partial charge in [0.2, 0.25) is 5.91 Å². The minimum Gasteiger partial charge on any atom is -0.354 e. The Morgan fingerprint density at radius 1 is 1.24 bits per heavy atom. The molecule has 0 atom stereocenters. The fourth-order valence-electron chi connectivity index (χ4n) is 2.54. The first-order chi connectivity index (χ1) is 10.2. The number of hydrogen-bond donors (Lipinski definition) is 2. The van der Waals surface area contributed by atoms with Crippen LogP contribution in [0.4, 0.5) is 0 Å². The van der Waals surface area contributed by atoms with E-state index in [0.717, 1.165) is 37.1 Å². The second-order valence-corrected chi connectivity index (χ2v) is 6.47. The van der Waals surface area contributed by atoms with Gasteiger partial charge in [0.15, 0.2) is 0 Å². The van der Waals surface area contributed by atoms with Gasteiger partial charge in [-0.2, -0.15) is 0 Å². The number of nitrogens with one attached hydrogen (secondary N) is 2. The summed E-state index contributed by atoms with van der Waals surface area (Å²) in [6, 6.07) is 0. The van der Waals surface area contributed by atoms with Crippen molar-refractivity contribution >= 4 is 23.2 Å². The molecule has 5 nitrogen and oxygen atoms in total. The molecule has 0 bridgehead atoms. The van der Waals surface area contributed by atoms with Gasteiger partial charge in [0.05, 0.1) is 11.2 Å². The van der Waals surface area contributed by atoms with E-state index in [1.807, 2.05) is 6.92 Å². The van der Waals surface area contributed by atoms with Gasteiger partial charge in [-0.15, -0.1) is 11.3 Å². The van der Waals surface area contributed by atoms with Crippen molar-refractivity contribution in [2.45, 2.75) is 45.4 Å². The minimum absolute atomic E-state index is 0.112. The molecule has 1 aromatic rings. The van der Waals surface area contributed by atoms with E-state index in [4.69, 9.17) is 0 Å². The molecule has 1 aromatic heterocycles. The molecule has 0 radical (unpaired) electrons. The van der Waals surface area contributed by atoms with E-state index >= 15 is 0 Å². The van der Waals surface area contributed by atoms with Gasteiger partial charge in [-0.25, -0.2) is 4.98 Å².